The van der Waals surface area contributed by atoms with Crippen molar-refractivity contribution in [3.05, 3.63) is 23.8 Å². The Balaban J connectivity index is 1.61. The van der Waals surface area contributed by atoms with E-state index in [-0.39, 0.29) is 30.2 Å². The fraction of sp³-hybridized carbons (Fsp3) is 0.632. The molecule has 0 bridgehead atoms. The minimum atomic E-state index is -0.515. The molecule has 142 valence electrons. The van der Waals surface area contributed by atoms with Crippen LogP contribution >= 0.6 is 0 Å². The molecule has 3 atom stereocenters. The first-order valence-electron chi connectivity index (χ1n) is 9.07. The fourth-order valence-electron chi connectivity index (χ4n) is 4.55. The zero-order chi connectivity index (χ0) is 18.5. The third-order valence-electron chi connectivity index (χ3n) is 5.78. The van der Waals surface area contributed by atoms with Crippen molar-refractivity contribution < 1.29 is 24.1 Å². The second-order valence-electron chi connectivity index (χ2n) is 8.15. The SMILES string of the molecule is CC1(C)Oc2c(O)cccc2[C@H]2OC[C@@]3(C[C@@H]21)CN(CC(N)=O)CCO3. The molecule has 3 N–H and O–H groups in total. The van der Waals surface area contributed by atoms with E-state index in [4.69, 9.17) is 19.9 Å². The highest BCUT2D eigenvalue weighted by atomic mass is 16.6. The van der Waals surface area contributed by atoms with E-state index in [1.165, 1.54) is 0 Å². The molecule has 1 amide bonds. The van der Waals surface area contributed by atoms with E-state index in [2.05, 4.69) is 0 Å². The van der Waals surface area contributed by atoms with E-state index in [1.807, 2.05) is 30.9 Å². The molecule has 26 heavy (non-hydrogen) atoms. The normalized spacial score (nSPS) is 33.2. The number of para-hydroxylation sites is 1. The number of ether oxygens (including phenoxy) is 3. The standard InChI is InChI=1S/C19H26N2O5/c1-18(2)13-8-19(10-21(6-7-25-19)9-15(20)23)11-24-16(13)12-4-3-5-14(22)17(12)26-18/h3-5,13,16,22H,6-11H2,1-2H3,(H2,20,23)/t13-,16+,19+/m0/s1. The molecule has 2 saturated heterocycles. The van der Waals surface area contributed by atoms with Gasteiger partial charge in [-0.15, -0.1) is 0 Å². The summed E-state index contributed by atoms with van der Waals surface area (Å²) in [6, 6.07) is 5.39. The summed E-state index contributed by atoms with van der Waals surface area (Å²) in [4.78, 5) is 13.3. The molecular weight excluding hydrogens is 336 g/mol. The largest absolute Gasteiger partial charge is 0.504 e. The number of nitrogens with zero attached hydrogens (tertiary/aromatic N) is 1. The third-order valence-corrected chi connectivity index (χ3v) is 5.78. The molecule has 4 rings (SSSR count). The van der Waals surface area contributed by atoms with Crippen molar-refractivity contribution in [1.82, 2.24) is 4.90 Å². The Morgan fingerprint density at radius 1 is 1.42 bits per heavy atom. The quantitative estimate of drug-likeness (QED) is 0.821. The second kappa shape index (κ2) is 6.11. The molecule has 7 heteroatoms. The first kappa shape index (κ1) is 17.6. The number of phenols is 1. The highest BCUT2D eigenvalue weighted by Gasteiger charge is 2.54. The lowest BCUT2D eigenvalue weighted by Gasteiger charge is -2.54. The lowest BCUT2D eigenvalue weighted by Crippen LogP contribution is -2.62. The summed E-state index contributed by atoms with van der Waals surface area (Å²) in [7, 11) is 0. The smallest absolute Gasteiger partial charge is 0.231 e. The number of hydrogen-bond acceptors (Lipinski definition) is 6. The van der Waals surface area contributed by atoms with Crippen LogP contribution < -0.4 is 10.5 Å². The lowest BCUT2D eigenvalue weighted by molar-refractivity contribution is -0.230. The van der Waals surface area contributed by atoms with Crippen LogP contribution in [0.5, 0.6) is 11.5 Å². The van der Waals surface area contributed by atoms with Gasteiger partial charge in [0.15, 0.2) is 11.5 Å². The maximum absolute atomic E-state index is 11.3. The van der Waals surface area contributed by atoms with E-state index < -0.39 is 11.2 Å². The third kappa shape index (κ3) is 2.94. The van der Waals surface area contributed by atoms with Crippen LogP contribution in [-0.4, -0.2) is 60.0 Å². The van der Waals surface area contributed by atoms with Gasteiger partial charge < -0.3 is 25.1 Å². The Morgan fingerprint density at radius 2 is 2.23 bits per heavy atom. The molecule has 0 unspecified atom stereocenters. The number of benzene rings is 1. The predicted molar refractivity (Wildman–Crippen MR) is 93.9 cm³/mol. The number of carbonyl (C=O) groups excluding carboxylic acids is 1. The second-order valence-corrected chi connectivity index (χ2v) is 8.15. The number of aromatic hydroxyl groups is 1. The molecule has 2 fully saturated rings. The maximum Gasteiger partial charge on any atom is 0.231 e. The first-order chi connectivity index (χ1) is 12.3. The van der Waals surface area contributed by atoms with Gasteiger partial charge in [0.25, 0.3) is 0 Å². The molecule has 0 radical (unpaired) electrons. The number of nitrogens with two attached hydrogens (primary N) is 1. The van der Waals surface area contributed by atoms with Gasteiger partial charge >= 0.3 is 0 Å². The van der Waals surface area contributed by atoms with Gasteiger partial charge in [0.05, 0.1) is 25.9 Å². The van der Waals surface area contributed by atoms with Gasteiger partial charge in [0.2, 0.25) is 5.91 Å². The first-order valence-corrected chi connectivity index (χ1v) is 9.07. The summed E-state index contributed by atoms with van der Waals surface area (Å²) >= 11 is 0. The van der Waals surface area contributed by atoms with Crippen molar-refractivity contribution in [3.8, 4) is 11.5 Å². The number of fused-ring (bicyclic) bond motifs is 3. The Kier molecular flexibility index (Phi) is 4.13. The van der Waals surface area contributed by atoms with E-state index in [1.54, 1.807) is 6.07 Å². The molecule has 0 aromatic heterocycles. The van der Waals surface area contributed by atoms with E-state index in [0.29, 0.717) is 32.1 Å². The van der Waals surface area contributed by atoms with Gasteiger partial charge in [0.1, 0.15) is 11.2 Å². The molecule has 1 aromatic carbocycles. The number of phenolic OH excluding ortho intramolecular Hbond substituents is 1. The summed E-state index contributed by atoms with van der Waals surface area (Å²) in [6.07, 6.45) is 0.608. The number of morpholine rings is 1. The van der Waals surface area contributed by atoms with Crippen LogP contribution in [0.1, 0.15) is 31.9 Å². The average Bonchev–Trinajstić information content (AvgIpc) is 2.56. The topological polar surface area (TPSA) is 94.3 Å². The van der Waals surface area contributed by atoms with Crippen LogP contribution in [0.3, 0.4) is 0 Å². The molecule has 1 spiro atoms. The van der Waals surface area contributed by atoms with Gasteiger partial charge in [0, 0.05) is 24.6 Å². The van der Waals surface area contributed by atoms with Crippen LogP contribution in [0.25, 0.3) is 0 Å². The van der Waals surface area contributed by atoms with Crippen molar-refractivity contribution >= 4 is 5.91 Å². The number of primary amides is 1. The van der Waals surface area contributed by atoms with Gasteiger partial charge in [-0.2, -0.15) is 0 Å². The summed E-state index contributed by atoms with van der Waals surface area (Å²) < 4.78 is 18.6. The summed E-state index contributed by atoms with van der Waals surface area (Å²) in [5, 5.41) is 10.2. The lowest BCUT2D eigenvalue weighted by atomic mass is 9.71. The highest BCUT2D eigenvalue weighted by molar-refractivity contribution is 5.75. The Labute approximate surface area is 153 Å². The number of amides is 1. The molecule has 0 aliphatic carbocycles. The minimum Gasteiger partial charge on any atom is -0.504 e. The Bertz CT molecular complexity index is 722. The molecule has 7 nitrogen and oxygen atoms in total. The van der Waals surface area contributed by atoms with E-state index >= 15 is 0 Å². The fourth-order valence-corrected chi connectivity index (χ4v) is 4.55. The van der Waals surface area contributed by atoms with Gasteiger partial charge in [-0.1, -0.05) is 12.1 Å². The van der Waals surface area contributed by atoms with Crippen LogP contribution in [0, 0.1) is 5.92 Å². The molecule has 3 aliphatic rings. The zero-order valence-corrected chi connectivity index (χ0v) is 15.2. The number of carbonyl (C=O) groups is 1. The van der Waals surface area contributed by atoms with Gasteiger partial charge in [-0.05, 0) is 26.3 Å². The van der Waals surface area contributed by atoms with Crippen molar-refractivity contribution in [2.24, 2.45) is 11.7 Å². The predicted octanol–water partition coefficient (Wildman–Crippen LogP) is 1.20. The van der Waals surface area contributed by atoms with Crippen LogP contribution in [0.4, 0.5) is 0 Å². The van der Waals surface area contributed by atoms with Crippen molar-refractivity contribution in [1.29, 1.82) is 0 Å². The van der Waals surface area contributed by atoms with Crippen molar-refractivity contribution in [3.63, 3.8) is 0 Å². The van der Waals surface area contributed by atoms with Crippen molar-refractivity contribution in [2.75, 3.05) is 32.8 Å². The molecule has 3 heterocycles. The Hall–Kier alpha value is -1.83. The van der Waals surface area contributed by atoms with E-state index in [0.717, 1.165) is 12.0 Å². The Morgan fingerprint density at radius 3 is 3.00 bits per heavy atom. The van der Waals surface area contributed by atoms with Gasteiger partial charge in [-0.25, -0.2) is 0 Å². The summed E-state index contributed by atoms with van der Waals surface area (Å²) in [5.41, 5.74) is 5.26. The molecule has 1 aromatic rings. The average molecular weight is 362 g/mol. The monoisotopic (exact) mass is 362 g/mol. The van der Waals surface area contributed by atoms with Crippen LogP contribution in [-0.2, 0) is 14.3 Å². The number of rotatable bonds is 2. The summed E-state index contributed by atoms with van der Waals surface area (Å²) in [6.45, 7) is 6.56. The van der Waals surface area contributed by atoms with E-state index in [9.17, 15) is 9.90 Å². The van der Waals surface area contributed by atoms with Gasteiger partial charge in [-0.3, -0.25) is 9.69 Å². The highest BCUT2D eigenvalue weighted by Crippen LogP contribution is 2.54. The van der Waals surface area contributed by atoms with Crippen molar-refractivity contribution in [2.45, 2.75) is 37.6 Å². The molecule has 3 aliphatic heterocycles. The maximum atomic E-state index is 11.3. The minimum absolute atomic E-state index is 0.0686. The van der Waals surface area contributed by atoms with Crippen LogP contribution in [0.2, 0.25) is 0 Å². The molecule has 0 saturated carbocycles. The zero-order valence-electron chi connectivity index (χ0n) is 15.2. The number of hydrogen-bond donors (Lipinski definition) is 2. The van der Waals surface area contributed by atoms with Crippen LogP contribution in [0.15, 0.2) is 18.2 Å². The molecular formula is C19H26N2O5. The summed E-state index contributed by atoms with van der Waals surface area (Å²) in [5.74, 6) is 0.385.